The SMILES string of the molecule is CCC(NC(=O)CCc1ccc(OC)c(C)c1)c1ccc(C)c(C)c1. The van der Waals surface area contributed by atoms with Gasteiger partial charge in [-0.2, -0.15) is 0 Å². The lowest BCUT2D eigenvalue weighted by Gasteiger charge is -2.19. The molecule has 134 valence electrons. The number of rotatable bonds is 7. The molecule has 0 aliphatic rings. The van der Waals surface area contributed by atoms with Crippen LogP contribution in [0, 0.1) is 20.8 Å². The number of carbonyl (C=O) groups is 1. The molecule has 3 heteroatoms. The van der Waals surface area contributed by atoms with Gasteiger partial charge in [-0.1, -0.05) is 37.3 Å². The van der Waals surface area contributed by atoms with Crippen molar-refractivity contribution in [2.24, 2.45) is 0 Å². The number of amides is 1. The van der Waals surface area contributed by atoms with E-state index in [-0.39, 0.29) is 11.9 Å². The molecule has 1 atom stereocenters. The van der Waals surface area contributed by atoms with Crippen LogP contribution in [0.1, 0.15) is 53.6 Å². The van der Waals surface area contributed by atoms with Gasteiger partial charge in [-0.3, -0.25) is 4.79 Å². The van der Waals surface area contributed by atoms with Crippen LogP contribution >= 0.6 is 0 Å². The summed E-state index contributed by atoms with van der Waals surface area (Å²) in [5.41, 5.74) is 5.98. The van der Waals surface area contributed by atoms with Crippen molar-refractivity contribution in [2.75, 3.05) is 7.11 Å². The van der Waals surface area contributed by atoms with E-state index >= 15 is 0 Å². The first-order valence-corrected chi connectivity index (χ1v) is 8.94. The molecular formula is C22H29NO2. The van der Waals surface area contributed by atoms with E-state index in [1.54, 1.807) is 7.11 Å². The molecule has 0 spiro atoms. The summed E-state index contributed by atoms with van der Waals surface area (Å²) < 4.78 is 5.28. The van der Waals surface area contributed by atoms with E-state index < -0.39 is 0 Å². The zero-order valence-electron chi connectivity index (χ0n) is 16.0. The molecule has 2 aromatic carbocycles. The van der Waals surface area contributed by atoms with Crippen LogP contribution < -0.4 is 10.1 Å². The number of aryl methyl sites for hydroxylation is 4. The average molecular weight is 339 g/mol. The molecule has 0 saturated heterocycles. The van der Waals surface area contributed by atoms with Gasteiger partial charge < -0.3 is 10.1 Å². The fraction of sp³-hybridized carbons (Fsp3) is 0.409. The summed E-state index contributed by atoms with van der Waals surface area (Å²) in [6.45, 7) is 8.34. The Morgan fingerprint density at radius 2 is 1.80 bits per heavy atom. The first-order valence-electron chi connectivity index (χ1n) is 8.94. The molecule has 1 amide bonds. The summed E-state index contributed by atoms with van der Waals surface area (Å²) >= 11 is 0. The van der Waals surface area contributed by atoms with Crippen LogP contribution in [0.4, 0.5) is 0 Å². The maximum Gasteiger partial charge on any atom is 0.220 e. The van der Waals surface area contributed by atoms with E-state index in [4.69, 9.17) is 4.74 Å². The van der Waals surface area contributed by atoms with Gasteiger partial charge in [0.05, 0.1) is 13.2 Å². The van der Waals surface area contributed by atoms with Crippen LogP contribution in [-0.2, 0) is 11.2 Å². The fourth-order valence-electron chi connectivity index (χ4n) is 3.02. The molecule has 2 aromatic rings. The lowest BCUT2D eigenvalue weighted by Crippen LogP contribution is -2.28. The van der Waals surface area contributed by atoms with Crippen LogP contribution in [0.15, 0.2) is 36.4 Å². The highest BCUT2D eigenvalue weighted by Gasteiger charge is 2.13. The third-order valence-electron chi connectivity index (χ3n) is 4.78. The maximum atomic E-state index is 12.4. The fourth-order valence-corrected chi connectivity index (χ4v) is 3.02. The summed E-state index contributed by atoms with van der Waals surface area (Å²) in [5.74, 6) is 0.979. The summed E-state index contributed by atoms with van der Waals surface area (Å²) in [5, 5.41) is 3.17. The Balaban J connectivity index is 1.95. The zero-order chi connectivity index (χ0) is 18.4. The highest BCUT2D eigenvalue weighted by molar-refractivity contribution is 5.76. The average Bonchev–Trinajstić information content (AvgIpc) is 2.60. The van der Waals surface area contributed by atoms with Gasteiger partial charge in [-0.15, -0.1) is 0 Å². The van der Waals surface area contributed by atoms with E-state index in [9.17, 15) is 4.79 Å². The van der Waals surface area contributed by atoms with Crippen molar-refractivity contribution in [3.8, 4) is 5.75 Å². The van der Waals surface area contributed by atoms with Crippen LogP contribution in [0.3, 0.4) is 0 Å². The number of benzene rings is 2. The molecule has 2 rings (SSSR count). The van der Waals surface area contributed by atoms with E-state index in [0.29, 0.717) is 6.42 Å². The van der Waals surface area contributed by atoms with Crippen molar-refractivity contribution in [1.82, 2.24) is 5.32 Å². The van der Waals surface area contributed by atoms with Crippen LogP contribution in [-0.4, -0.2) is 13.0 Å². The van der Waals surface area contributed by atoms with Crippen LogP contribution in [0.25, 0.3) is 0 Å². The zero-order valence-corrected chi connectivity index (χ0v) is 16.0. The van der Waals surface area contributed by atoms with Crippen molar-refractivity contribution < 1.29 is 9.53 Å². The van der Waals surface area contributed by atoms with Crippen LogP contribution in [0.2, 0.25) is 0 Å². The summed E-state index contributed by atoms with van der Waals surface area (Å²) in [4.78, 5) is 12.4. The van der Waals surface area contributed by atoms with Gasteiger partial charge in [0.25, 0.3) is 0 Å². The number of hydrogen-bond acceptors (Lipinski definition) is 2. The monoisotopic (exact) mass is 339 g/mol. The number of hydrogen-bond donors (Lipinski definition) is 1. The Morgan fingerprint density at radius 1 is 1.04 bits per heavy atom. The molecule has 0 radical (unpaired) electrons. The van der Waals surface area contributed by atoms with Gasteiger partial charge in [0.15, 0.2) is 0 Å². The third kappa shape index (κ3) is 5.09. The smallest absolute Gasteiger partial charge is 0.220 e. The molecule has 25 heavy (non-hydrogen) atoms. The largest absolute Gasteiger partial charge is 0.496 e. The van der Waals surface area contributed by atoms with Crippen molar-refractivity contribution in [1.29, 1.82) is 0 Å². The topological polar surface area (TPSA) is 38.3 Å². The van der Waals surface area contributed by atoms with Crippen molar-refractivity contribution in [3.05, 3.63) is 64.2 Å². The van der Waals surface area contributed by atoms with E-state index in [2.05, 4.69) is 50.4 Å². The number of carbonyl (C=O) groups excluding carboxylic acids is 1. The second-order valence-electron chi connectivity index (χ2n) is 6.68. The Kier molecular flexibility index (Phi) is 6.63. The maximum absolute atomic E-state index is 12.4. The lowest BCUT2D eigenvalue weighted by molar-refractivity contribution is -0.121. The quantitative estimate of drug-likeness (QED) is 0.785. The predicted octanol–water partition coefficient (Wildman–Crippen LogP) is 4.82. The normalized spacial score (nSPS) is 11.9. The highest BCUT2D eigenvalue weighted by Crippen LogP contribution is 2.21. The highest BCUT2D eigenvalue weighted by atomic mass is 16.5. The lowest BCUT2D eigenvalue weighted by atomic mass is 9.99. The first-order chi connectivity index (χ1) is 11.9. The second kappa shape index (κ2) is 8.70. The third-order valence-corrected chi connectivity index (χ3v) is 4.78. The Bertz CT molecular complexity index is 737. The molecule has 1 unspecified atom stereocenters. The summed E-state index contributed by atoms with van der Waals surface area (Å²) in [6, 6.07) is 12.6. The molecule has 0 fully saturated rings. The van der Waals surface area contributed by atoms with Gasteiger partial charge >= 0.3 is 0 Å². The van der Waals surface area contributed by atoms with Gasteiger partial charge in [0.2, 0.25) is 5.91 Å². The van der Waals surface area contributed by atoms with Gasteiger partial charge in [0.1, 0.15) is 5.75 Å². The predicted molar refractivity (Wildman–Crippen MR) is 103 cm³/mol. The molecule has 0 aliphatic heterocycles. The number of methoxy groups -OCH3 is 1. The Morgan fingerprint density at radius 3 is 2.40 bits per heavy atom. The molecule has 0 bridgehead atoms. The Hall–Kier alpha value is -2.29. The minimum Gasteiger partial charge on any atom is -0.496 e. The van der Waals surface area contributed by atoms with Crippen molar-refractivity contribution in [2.45, 2.75) is 53.0 Å². The minimum absolute atomic E-state index is 0.0735. The van der Waals surface area contributed by atoms with Crippen molar-refractivity contribution in [3.63, 3.8) is 0 Å². The van der Waals surface area contributed by atoms with Gasteiger partial charge in [0, 0.05) is 6.42 Å². The van der Waals surface area contributed by atoms with Gasteiger partial charge in [-0.05, 0) is 67.5 Å². The standard InChI is InChI=1S/C22H29NO2/c1-6-20(19-10-7-15(2)16(3)14-19)23-22(24)12-9-18-8-11-21(25-5)17(4)13-18/h7-8,10-11,13-14,20H,6,9,12H2,1-5H3,(H,23,24). The Labute approximate surface area is 151 Å². The molecule has 0 aromatic heterocycles. The summed E-state index contributed by atoms with van der Waals surface area (Å²) in [7, 11) is 1.67. The van der Waals surface area contributed by atoms with Gasteiger partial charge in [-0.25, -0.2) is 0 Å². The van der Waals surface area contributed by atoms with E-state index in [1.807, 2.05) is 19.1 Å². The first kappa shape index (κ1) is 19.0. The van der Waals surface area contributed by atoms with E-state index in [1.165, 1.54) is 16.7 Å². The molecule has 3 nitrogen and oxygen atoms in total. The molecule has 0 aliphatic carbocycles. The second-order valence-corrected chi connectivity index (χ2v) is 6.68. The number of ether oxygens (including phenoxy) is 1. The summed E-state index contributed by atoms with van der Waals surface area (Å²) in [6.07, 6.45) is 2.11. The number of nitrogens with one attached hydrogen (secondary N) is 1. The molecule has 0 saturated carbocycles. The van der Waals surface area contributed by atoms with E-state index in [0.717, 1.165) is 29.7 Å². The minimum atomic E-state index is 0.0735. The molecular weight excluding hydrogens is 310 g/mol. The molecule has 0 heterocycles. The molecule has 1 N–H and O–H groups in total. The van der Waals surface area contributed by atoms with Crippen molar-refractivity contribution >= 4 is 5.91 Å². The van der Waals surface area contributed by atoms with Crippen LogP contribution in [0.5, 0.6) is 5.75 Å².